The van der Waals surface area contributed by atoms with Gasteiger partial charge in [0.1, 0.15) is 6.10 Å². The normalized spacial score (nSPS) is 33.5. The Morgan fingerprint density at radius 2 is 1.76 bits per heavy atom. The van der Waals surface area contributed by atoms with Crippen LogP contribution in [0.5, 0.6) is 0 Å². The van der Waals surface area contributed by atoms with E-state index in [4.69, 9.17) is 24.2 Å². The van der Waals surface area contributed by atoms with E-state index in [0.29, 0.717) is 32.3 Å². The number of ether oxygens (including phenoxy) is 4. The van der Waals surface area contributed by atoms with E-state index in [1.807, 2.05) is 0 Å². The Morgan fingerprint density at radius 3 is 2.38 bits per heavy atom. The van der Waals surface area contributed by atoms with Gasteiger partial charge in [0, 0.05) is 18.4 Å². The van der Waals surface area contributed by atoms with Crippen molar-refractivity contribution in [2.24, 2.45) is 11.8 Å². The second kappa shape index (κ2) is 9.37. The number of rotatable bonds is 7. The summed E-state index contributed by atoms with van der Waals surface area (Å²) in [5.74, 6) is 0.660. The summed E-state index contributed by atoms with van der Waals surface area (Å²) in [5, 5.41) is 8.92. The molecule has 1 aliphatic heterocycles. The van der Waals surface area contributed by atoms with Gasteiger partial charge in [0.05, 0.1) is 32.5 Å². The van der Waals surface area contributed by atoms with Gasteiger partial charge in [-0.25, -0.2) is 0 Å². The van der Waals surface area contributed by atoms with E-state index in [9.17, 15) is 0 Å². The van der Waals surface area contributed by atoms with E-state index >= 15 is 0 Å². The summed E-state index contributed by atoms with van der Waals surface area (Å²) in [6.07, 6.45) is 4.94. The molecule has 5 heteroatoms. The number of hydrogen-bond acceptors (Lipinski definition) is 5. The standard InChI is InChI=1S/C16H27NO4/c1-2-7-18-8-9-19-15-11-20-16(21-12-15)14-5-3-13(10-17)4-6-14/h13-16H,2-9,11-12H2,1H3. The lowest BCUT2D eigenvalue weighted by Gasteiger charge is -2.36. The van der Waals surface area contributed by atoms with Crippen LogP contribution < -0.4 is 0 Å². The number of nitriles is 1. The van der Waals surface area contributed by atoms with Gasteiger partial charge in [0.25, 0.3) is 0 Å². The molecule has 1 saturated heterocycles. The summed E-state index contributed by atoms with van der Waals surface area (Å²) in [5.41, 5.74) is 0. The largest absolute Gasteiger partial charge is 0.379 e. The van der Waals surface area contributed by atoms with Gasteiger partial charge in [-0.2, -0.15) is 5.26 Å². The zero-order chi connectivity index (χ0) is 14.9. The van der Waals surface area contributed by atoms with Gasteiger partial charge in [0.2, 0.25) is 0 Å². The van der Waals surface area contributed by atoms with E-state index in [2.05, 4.69) is 13.0 Å². The molecule has 0 bridgehead atoms. The molecule has 0 atom stereocenters. The average molecular weight is 297 g/mol. The molecular weight excluding hydrogens is 270 g/mol. The summed E-state index contributed by atoms with van der Waals surface area (Å²) in [6.45, 7) is 5.29. The molecule has 0 N–H and O–H groups in total. The fraction of sp³-hybridized carbons (Fsp3) is 0.938. The van der Waals surface area contributed by atoms with Crippen molar-refractivity contribution >= 4 is 0 Å². The van der Waals surface area contributed by atoms with Crippen LogP contribution >= 0.6 is 0 Å². The van der Waals surface area contributed by atoms with E-state index < -0.39 is 0 Å². The van der Waals surface area contributed by atoms with Crippen molar-refractivity contribution in [2.75, 3.05) is 33.0 Å². The molecule has 2 aliphatic rings. The minimum Gasteiger partial charge on any atom is -0.379 e. The lowest BCUT2D eigenvalue weighted by Crippen LogP contribution is -2.42. The van der Waals surface area contributed by atoms with Gasteiger partial charge in [-0.1, -0.05) is 6.92 Å². The lowest BCUT2D eigenvalue weighted by atomic mass is 9.82. The van der Waals surface area contributed by atoms with Crippen LogP contribution in [-0.2, 0) is 18.9 Å². The summed E-state index contributed by atoms with van der Waals surface area (Å²) in [7, 11) is 0. The van der Waals surface area contributed by atoms with Gasteiger partial charge in [0.15, 0.2) is 6.29 Å². The quantitative estimate of drug-likeness (QED) is 0.676. The van der Waals surface area contributed by atoms with Crippen molar-refractivity contribution in [3.8, 4) is 6.07 Å². The van der Waals surface area contributed by atoms with Crippen LogP contribution in [0, 0.1) is 23.2 Å². The zero-order valence-corrected chi connectivity index (χ0v) is 13.0. The first-order valence-corrected chi connectivity index (χ1v) is 8.15. The fourth-order valence-electron chi connectivity index (χ4n) is 2.91. The van der Waals surface area contributed by atoms with Crippen LogP contribution in [0.15, 0.2) is 0 Å². The summed E-state index contributed by atoms with van der Waals surface area (Å²) >= 11 is 0. The molecule has 21 heavy (non-hydrogen) atoms. The van der Waals surface area contributed by atoms with Crippen LogP contribution in [0.25, 0.3) is 0 Å². The van der Waals surface area contributed by atoms with Gasteiger partial charge in [-0.15, -0.1) is 0 Å². The highest BCUT2D eigenvalue weighted by Crippen LogP contribution is 2.33. The Bertz CT molecular complexity index is 315. The summed E-state index contributed by atoms with van der Waals surface area (Å²) in [6, 6.07) is 2.36. The Hall–Kier alpha value is -0.670. The minimum absolute atomic E-state index is 0.0157. The Balaban J connectivity index is 1.57. The molecule has 0 unspecified atom stereocenters. The van der Waals surface area contributed by atoms with Gasteiger partial charge in [-0.3, -0.25) is 0 Å². The molecule has 2 fully saturated rings. The third-order valence-electron chi connectivity index (χ3n) is 4.16. The first kappa shape index (κ1) is 16.7. The zero-order valence-electron chi connectivity index (χ0n) is 13.0. The minimum atomic E-state index is -0.110. The first-order valence-electron chi connectivity index (χ1n) is 8.15. The third kappa shape index (κ3) is 5.55. The molecule has 1 aliphatic carbocycles. The van der Waals surface area contributed by atoms with Crippen molar-refractivity contribution in [3.63, 3.8) is 0 Å². The van der Waals surface area contributed by atoms with Crippen LogP contribution in [-0.4, -0.2) is 45.4 Å². The van der Waals surface area contributed by atoms with Gasteiger partial charge < -0.3 is 18.9 Å². The maximum atomic E-state index is 8.92. The predicted molar refractivity (Wildman–Crippen MR) is 77.6 cm³/mol. The predicted octanol–water partition coefficient (Wildman–Crippen LogP) is 2.50. The molecule has 0 aromatic carbocycles. The van der Waals surface area contributed by atoms with Crippen LogP contribution in [0.4, 0.5) is 0 Å². The molecule has 0 aromatic heterocycles. The Labute approximate surface area is 127 Å². The van der Waals surface area contributed by atoms with Gasteiger partial charge >= 0.3 is 0 Å². The van der Waals surface area contributed by atoms with Crippen molar-refractivity contribution in [2.45, 2.75) is 51.4 Å². The lowest BCUT2D eigenvalue weighted by molar-refractivity contribution is -0.250. The molecular formula is C16H27NO4. The van der Waals surface area contributed by atoms with E-state index in [1.165, 1.54) is 0 Å². The molecule has 0 spiro atoms. The van der Waals surface area contributed by atoms with Crippen molar-refractivity contribution in [1.29, 1.82) is 5.26 Å². The monoisotopic (exact) mass is 297 g/mol. The maximum Gasteiger partial charge on any atom is 0.160 e. The third-order valence-corrected chi connectivity index (χ3v) is 4.16. The summed E-state index contributed by atoms with van der Waals surface area (Å²) in [4.78, 5) is 0. The Morgan fingerprint density at radius 1 is 1.05 bits per heavy atom. The smallest absolute Gasteiger partial charge is 0.160 e. The molecule has 0 aromatic rings. The number of hydrogen-bond donors (Lipinski definition) is 0. The molecule has 0 amide bonds. The van der Waals surface area contributed by atoms with Crippen molar-refractivity contribution < 1.29 is 18.9 Å². The molecule has 1 heterocycles. The fourth-order valence-corrected chi connectivity index (χ4v) is 2.91. The first-order chi connectivity index (χ1) is 10.3. The highest BCUT2D eigenvalue weighted by atomic mass is 16.7. The molecule has 2 rings (SSSR count). The molecule has 1 saturated carbocycles. The highest BCUT2D eigenvalue weighted by molar-refractivity contribution is 4.88. The molecule has 120 valence electrons. The van der Waals surface area contributed by atoms with Crippen molar-refractivity contribution in [3.05, 3.63) is 0 Å². The second-order valence-corrected chi connectivity index (χ2v) is 5.88. The SMILES string of the molecule is CCCOCCOC1COC(C2CCC(C#N)CC2)OC1. The molecule has 0 radical (unpaired) electrons. The van der Waals surface area contributed by atoms with Crippen LogP contribution in [0.3, 0.4) is 0 Å². The molecule has 5 nitrogen and oxygen atoms in total. The van der Waals surface area contributed by atoms with E-state index in [0.717, 1.165) is 38.7 Å². The van der Waals surface area contributed by atoms with Crippen LogP contribution in [0.1, 0.15) is 39.0 Å². The maximum absolute atomic E-state index is 8.92. The van der Waals surface area contributed by atoms with Crippen molar-refractivity contribution in [1.82, 2.24) is 0 Å². The Kier molecular flexibility index (Phi) is 7.45. The second-order valence-electron chi connectivity index (χ2n) is 5.88. The van der Waals surface area contributed by atoms with E-state index in [1.54, 1.807) is 0 Å². The highest BCUT2D eigenvalue weighted by Gasteiger charge is 2.32. The summed E-state index contributed by atoms with van der Waals surface area (Å²) < 4.78 is 22.7. The van der Waals surface area contributed by atoms with Gasteiger partial charge in [-0.05, 0) is 32.1 Å². The average Bonchev–Trinajstić information content (AvgIpc) is 2.55. The van der Waals surface area contributed by atoms with E-state index in [-0.39, 0.29) is 18.3 Å². The topological polar surface area (TPSA) is 60.7 Å². The van der Waals surface area contributed by atoms with Crippen LogP contribution in [0.2, 0.25) is 0 Å². The number of nitrogens with zero attached hydrogens (tertiary/aromatic N) is 1.